The van der Waals surface area contributed by atoms with Crippen LogP contribution in [-0.2, 0) is 19.6 Å². The molecule has 0 spiro atoms. The summed E-state index contributed by atoms with van der Waals surface area (Å²) >= 11 is 5.42. The fourth-order valence-electron chi connectivity index (χ4n) is 3.34. The molecule has 3 aromatic rings. The molecule has 1 aromatic heterocycles. The fourth-order valence-corrected chi connectivity index (χ4v) is 3.50. The van der Waals surface area contributed by atoms with Crippen molar-refractivity contribution < 1.29 is 4.74 Å². The number of thiocarbonyl (C=S) groups is 1. The Morgan fingerprint density at radius 2 is 1.76 bits per heavy atom. The molecule has 0 radical (unpaired) electrons. The van der Waals surface area contributed by atoms with Crippen molar-refractivity contribution in [3.63, 3.8) is 0 Å². The van der Waals surface area contributed by atoms with Gasteiger partial charge < -0.3 is 20.3 Å². The van der Waals surface area contributed by atoms with E-state index in [1.54, 1.807) is 7.11 Å². The molecule has 4 rings (SSSR count). The smallest absolute Gasteiger partial charge is 0.231 e. The van der Waals surface area contributed by atoms with Crippen molar-refractivity contribution in [2.75, 3.05) is 17.3 Å². The third-order valence-corrected chi connectivity index (χ3v) is 5.09. The molecular weight excluding hydrogens is 382 g/mol. The molecule has 2 heterocycles. The van der Waals surface area contributed by atoms with Gasteiger partial charge in [0.25, 0.3) is 0 Å². The van der Waals surface area contributed by atoms with Crippen LogP contribution >= 0.6 is 12.2 Å². The van der Waals surface area contributed by atoms with Gasteiger partial charge in [-0.15, -0.1) is 0 Å². The lowest BCUT2D eigenvalue weighted by molar-refractivity contribution is 0.414. The van der Waals surface area contributed by atoms with Crippen LogP contribution in [0.2, 0.25) is 0 Å². The van der Waals surface area contributed by atoms with Crippen LogP contribution in [0.5, 0.6) is 5.75 Å². The first kappa shape index (κ1) is 19.1. The number of aromatic nitrogens is 2. The van der Waals surface area contributed by atoms with E-state index >= 15 is 0 Å². The normalized spacial score (nSPS) is 12.4. The summed E-state index contributed by atoms with van der Waals surface area (Å²) in [6, 6.07) is 18.4. The van der Waals surface area contributed by atoms with Crippen molar-refractivity contribution in [1.29, 1.82) is 0 Å². The highest BCUT2D eigenvalue weighted by atomic mass is 32.1. The Kier molecular flexibility index (Phi) is 5.57. The van der Waals surface area contributed by atoms with Gasteiger partial charge in [-0.25, -0.2) is 4.98 Å². The summed E-state index contributed by atoms with van der Waals surface area (Å²) in [7, 11) is 1.66. The van der Waals surface area contributed by atoms with E-state index in [0.717, 1.165) is 35.9 Å². The van der Waals surface area contributed by atoms with Gasteiger partial charge in [0.15, 0.2) is 5.11 Å². The van der Waals surface area contributed by atoms with E-state index in [0.29, 0.717) is 17.6 Å². The second-order valence-electron chi connectivity index (χ2n) is 6.97. The maximum Gasteiger partial charge on any atom is 0.231 e. The summed E-state index contributed by atoms with van der Waals surface area (Å²) in [6.07, 6.45) is 0. The third kappa shape index (κ3) is 4.63. The van der Waals surface area contributed by atoms with Crippen LogP contribution in [0.1, 0.15) is 22.4 Å². The van der Waals surface area contributed by atoms with Crippen LogP contribution < -0.4 is 20.3 Å². The molecule has 0 saturated carbocycles. The number of nitrogens with zero attached hydrogens (tertiary/aromatic N) is 3. The second kappa shape index (κ2) is 8.45. The molecule has 1 aliphatic rings. The van der Waals surface area contributed by atoms with Crippen molar-refractivity contribution in [3.8, 4) is 5.75 Å². The van der Waals surface area contributed by atoms with Crippen LogP contribution in [0.3, 0.4) is 0 Å². The molecule has 0 amide bonds. The van der Waals surface area contributed by atoms with Crippen molar-refractivity contribution in [2.24, 2.45) is 0 Å². The molecule has 1 aliphatic heterocycles. The van der Waals surface area contributed by atoms with Gasteiger partial charge in [-0.1, -0.05) is 36.4 Å². The SMILES string of the molecule is COc1ccc(CNC(=S)Nc2nc(C)cc(N3Cc4ccccc4C3)n2)cc1. The van der Waals surface area contributed by atoms with E-state index in [2.05, 4.69) is 49.8 Å². The molecule has 2 N–H and O–H groups in total. The lowest BCUT2D eigenvalue weighted by Crippen LogP contribution is -2.29. The first-order chi connectivity index (χ1) is 14.1. The molecule has 0 unspecified atom stereocenters. The molecule has 0 atom stereocenters. The molecule has 0 bridgehead atoms. The Bertz CT molecular complexity index is 997. The van der Waals surface area contributed by atoms with Crippen molar-refractivity contribution >= 4 is 29.1 Å². The monoisotopic (exact) mass is 405 g/mol. The second-order valence-corrected chi connectivity index (χ2v) is 7.38. The van der Waals surface area contributed by atoms with Gasteiger partial charge in [-0.05, 0) is 48.0 Å². The van der Waals surface area contributed by atoms with Crippen LogP contribution in [0.4, 0.5) is 11.8 Å². The number of fused-ring (bicyclic) bond motifs is 1. The number of benzene rings is 2. The first-order valence-corrected chi connectivity index (χ1v) is 9.87. The minimum absolute atomic E-state index is 0.488. The summed E-state index contributed by atoms with van der Waals surface area (Å²) in [4.78, 5) is 11.4. The largest absolute Gasteiger partial charge is 0.497 e. The maximum atomic E-state index is 5.42. The van der Waals surface area contributed by atoms with Gasteiger partial charge in [0.1, 0.15) is 11.6 Å². The zero-order valence-electron chi connectivity index (χ0n) is 16.5. The Balaban J connectivity index is 1.39. The standard InChI is InChI=1S/C22H23N5OS/c1-15-11-20(27-13-17-5-3-4-6-18(17)14-27)25-21(24-15)26-22(29)23-12-16-7-9-19(28-2)10-8-16/h3-11H,12-14H2,1-2H3,(H2,23,24,25,26,29). The number of rotatable bonds is 5. The minimum Gasteiger partial charge on any atom is -0.497 e. The zero-order valence-corrected chi connectivity index (χ0v) is 17.3. The molecule has 2 aromatic carbocycles. The number of nitrogens with one attached hydrogen (secondary N) is 2. The molecule has 0 fully saturated rings. The number of hydrogen-bond donors (Lipinski definition) is 2. The van der Waals surface area contributed by atoms with Gasteiger partial charge in [-0.2, -0.15) is 4.98 Å². The van der Waals surface area contributed by atoms with Crippen molar-refractivity contribution in [3.05, 3.63) is 77.0 Å². The van der Waals surface area contributed by atoms with Crippen molar-refractivity contribution in [2.45, 2.75) is 26.6 Å². The van der Waals surface area contributed by atoms with Crippen LogP contribution in [-0.4, -0.2) is 22.2 Å². The predicted octanol–water partition coefficient (Wildman–Crippen LogP) is 3.80. The number of methoxy groups -OCH3 is 1. The summed E-state index contributed by atoms with van der Waals surface area (Å²) in [5.74, 6) is 2.23. The molecule has 6 nitrogen and oxygen atoms in total. The lowest BCUT2D eigenvalue weighted by atomic mass is 10.1. The Labute approximate surface area is 176 Å². The number of ether oxygens (including phenoxy) is 1. The predicted molar refractivity (Wildman–Crippen MR) is 119 cm³/mol. The van der Waals surface area contributed by atoms with Gasteiger partial charge in [0.05, 0.1) is 7.11 Å². The van der Waals surface area contributed by atoms with Gasteiger partial charge >= 0.3 is 0 Å². The van der Waals surface area contributed by atoms with E-state index in [-0.39, 0.29) is 0 Å². The first-order valence-electron chi connectivity index (χ1n) is 9.46. The maximum absolute atomic E-state index is 5.42. The summed E-state index contributed by atoms with van der Waals surface area (Å²) < 4.78 is 5.18. The van der Waals surface area contributed by atoms with Crippen molar-refractivity contribution in [1.82, 2.24) is 15.3 Å². The highest BCUT2D eigenvalue weighted by molar-refractivity contribution is 7.80. The van der Waals surface area contributed by atoms with Crippen LogP contribution in [0.15, 0.2) is 54.6 Å². The van der Waals surface area contributed by atoms with E-state index in [1.807, 2.05) is 37.3 Å². The molecular formula is C22H23N5OS. The van der Waals surface area contributed by atoms with E-state index in [1.165, 1.54) is 11.1 Å². The van der Waals surface area contributed by atoms with Gasteiger partial charge in [-0.3, -0.25) is 0 Å². The van der Waals surface area contributed by atoms with E-state index < -0.39 is 0 Å². The fraction of sp³-hybridized carbons (Fsp3) is 0.227. The third-order valence-electron chi connectivity index (χ3n) is 4.84. The molecule has 0 aliphatic carbocycles. The Morgan fingerprint density at radius 1 is 1.07 bits per heavy atom. The lowest BCUT2D eigenvalue weighted by Gasteiger charge is -2.18. The highest BCUT2D eigenvalue weighted by Crippen LogP contribution is 2.27. The molecule has 29 heavy (non-hydrogen) atoms. The highest BCUT2D eigenvalue weighted by Gasteiger charge is 2.20. The molecule has 148 valence electrons. The summed E-state index contributed by atoms with van der Waals surface area (Å²) in [5, 5.41) is 6.79. The molecule has 7 heteroatoms. The van der Waals surface area contributed by atoms with Crippen LogP contribution in [0, 0.1) is 6.92 Å². The minimum atomic E-state index is 0.488. The average molecular weight is 406 g/mol. The number of hydrogen-bond acceptors (Lipinski definition) is 5. The average Bonchev–Trinajstić information content (AvgIpc) is 3.17. The Morgan fingerprint density at radius 3 is 2.41 bits per heavy atom. The summed E-state index contributed by atoms with van der Waals surface area (Å²) in [5.41, 5.74) is 4.69. The summed E-state index contributed by atoms with van der Waals surface area (Å²) in [6.45, 7) is 4.28. The van der Waals surface area contributed by atoms with E-state index in [9.17, 15) is 0 Å². The molecule has 0 saturated heterocycles. The van der Waals surface area contributed by atoms with Gasteiger partial charge in [0.2, 0.25) is 5.95 Å². The van der Waals surface area contributed by atoms with Crippen LogP contribution in [0.25, 0.3) is 0 Å². The quantitative estimate of drug-likeness (QED) is 0.626. The zero-order chi connectivity index (χ0) is 20.2. The van der Waals surface area contributed by atoms with Gasteiger partial charge in [0, 0.05) is 31.4 Å². The number of aryl methyl sites for hydroxylation is 1. The van der Waals surface area contributed by atoms with E-state index in [4.69, 9.17) is 17.0 Å². The topological polar surface area (TPSA) is 62.3 Å². The Hall–Kier alpha value is -3.19. The number of anilines is 2.